The quantitative estimate of drug-likeness (QED) is 0.283. The number of rotatable bonds is 8. The fourth-order valence-corrected chi connectivity index (χ4v) is 2.86. The van der Waals surface area contributed by atoms with Crippen molar-refractivity contribution in [2.24, 2.45) is 4.99 Å². The van der Waals surface area contributed by atoms with Crippen LogP contribution in [-0.4, -0.2) is 52.0 Å². The van der Waals surface area contributed by atoms with Crippen LogP contribution in [0.25, 0.3) is 0 Å². The van der Waals surface area contributed by atoms with Gasteiger partial charge >= 0.3 is 0 Å². The summed E-state index contributed by atoms with van der Waals surface area (Å²) in [6.45, 7) is 4.12. The third-order valence-electron chi connectivity index (χ3n) is 3.32. The number of thiophene rings is 1. The maximum atomic E-state index is 5.72. The maximum absolute atomic E-state index is 5.72. The second-order valence-corrected chi connectivity index (χ2v) is 6.00. The Morgan fingerprint density at radius 1 is 1.45 bits per heavy atom. The molecule has 1 aromatic rings. The van der Waals surface area contributed by atoms with Crippen molar-refractivity contribution in [2.75, 3.05) is 40.0 Å². The summed E-state index contributed by atoms with van der Waals surface area (Å²) >= 11 is 1.79. The molecule has 1 aromatic heterocycles. The number of nitrogens with zero attached hydrogens (tertiary/aromatic N) is 1. The lowest BCUT2D eigenvalue weighted by Crippen LogP contribution is -2.39. The summed E-state index contributed by atoms with van der Waals surface area (Å²) in [6, 6.07) is 4.25. The molecule has 1 unspecified atom stereocenters. The van der Waals surface area contributed by atoms with Crippen LogP contribution in [-0.2, 0) is 15.9 Å². The van der Waals surface area contributed by atoms with E-state index in [2.05, 4.69) is 33.1 Å². The minimum absolute atomic E-state index is 0. The van der Waals surface area contributed by atoms with Crippen LogP contribution in [0.2, 0.25) is 0 Å². The number of ether oxygens (including phenoxy) is 2. The SMILES string of the molecule is CN=C(NCCCOC1CCOC1)NCCc1cccs1.I. The molecule has 1 saturated heterocycles. The van der Waals surface area contributed by atoms with Gasteiger partial charge in [-0.2, -0.15) is 0 Å². The Kier molecular flexibility index (Phi) is 10.8. The molecule has 0 radical (unpaired) electrons. The Balaban J connectivity index is 0.00000242. The van der Waals surface area contributed by atoms with Crippen molar-refractivity contribution in [3.63, 3.8) is 0 Å². The smallest absolute Gasteiger partial charge is 0.190 e. The molecule has 0 bridgehead atoms. The van der Waals surface area contributed by atoms with Crippen LogP contribution in [0.5, 0.6) is 0 Å². The Morgan fingerprint density at radius 3 is 3.00 bits per heavy atom. The molecule has 0 amide bonds. The Morgan fingerprint density at radius 2 is 2.32 bits per heavy atom. The first-order valence-corrected chi connectivity index (χ1v) is 8.42. The lowest BCUT2D eigenvalue weighted by molar-refractivity contribution is 0.0420. The van der Waals surface area contributed by atoms with Crippen LogP contribution >= 0.6 is 35.3 Å². The average molecular weight is 439 g/mol. The van der Waals surface area contributed by atoms with E-state index >= 15 is 0 Å². The molecule has 1 aliphatic rings. The molecule has 22 heavy (non-hydrogen) atoms. The molecular formula is C15H26IN3O2S. The summed E-state index contributed by atoms with van der Waals surface area (Å²) in [5.41, 5.74) is 0. The fourth-order valence-electron chi connectivity index (χ4n) is 2.15. The van der Waals surface area contributed by atoms with Gasteiger partial charge in [-0.15, -0.1) is 35.3 Å². The van der Waals surface area contributed by atoms with Crippen molar-refractivity contribution >= 4 is 41.3 Å². The van der Waals surface area contributed by atoms with E-state index in [1.54, 1.807) is 18.4 Å². The van der Waals surface area contributed by atoms with Crippen molar-refractivity contribution in [1.82, 2.24) is 10.6 Å². The van der Waals surface area contributed by atoms with Crippen molar-refractivity contribution in [3.05, 3.63) is 22.4 Å². The minimum Gasteiger partial charge on any atom is -0.379 e. The van der Waals surface area contributed by atoms with E-state index in [1.807, 2.05) is 0 Å². The third-order valence-corrected chi connectivity index (χ3v) is 4.26. The van der Waals surface area contributed by atoms with Gasteiger partial charge in [-0.3, -0.25) is 4.99 Å². The lowest BCUT2D eigenvalue weighted by Gasteiger charge is -2.13. The van der Waals surface area contributed by atoms with Crippen LogP contribution < -0.4 is 10.6 Å². The second kappa shape index (κ2) is 12.1. The molecule has 1 fully saturated rings. The van der Waals surface area contributed by atoms with Crippen LogP contribution in [0.4, 0.5) is 0 Å². The maximum Gasteiger partial charge on any atom is 0.190 e. The highest BCUT2D eigenvalue weighted by atomic mass is 127. The number of nitrogens with one attached hydrogen (secondary N) is 2. The zero-order chi connectivity index (χ0) is 14.8. The fraction of sp³-hybridized carbons (Fsp3) is 0.667. The number of guanidine groups is 1. The average Bonchev–Trinajstić information content (AvgIpc) is 3.18. The summed E-state index contributed by atoms with van der Waals surface area (Å²) in [6.07, 6.45) is 3.33. The summed E-state index contributed by atoms with van der Waals surface area (Å²) in [4.78, 5) is 5.61. The van der Waals surface area contributed by atoms with Gasteiger partial charge in [-0.05, 0) is 30.7 Å². The van der Waals surface area contributed by atoms with E-state index in [0.29, 0.717) is 6.10 Å². The first kappa shape index (κ1) is 19.7. The Hall–Kier alpha value is -0.380. The van der Waals surface area contributed by atoms with E-state index in [9.17, 15) is 0 Å². The highest BCUT2D eigenvalue weighted by Gasteiger charge is 2.15. The lowest BCUT2D eigenvalue weighted by atomic mass is 10.3. The van der Waals surface area contributed by atoms with Crippen LogP contribution in [0.1, 0.15) is 17.7 Å². The molecule has 1 atom stereocenters. The van der Waals surface area contributed by atoms with Gasteiger partial charge in [0.05, 0.1) is 12.7 Å². The van der Waals surface area contributed by atoms with Gasteiger partial charge in [0.15, 0.2) is 5.96 Å². The largest absolute Gasteiger partial charge is 0.379 e. The zero-order valence-electron chi connectivity index (χ0n) is 13.0. The second-order valence-electron chi connectivity index (χ2n) is 4.97. The topological polar surface area (TPSA) is 54.9 Å². The molecule has 0 spiro atoms. The van der Waals surface area contributed by atoms with E-state index in [0.717, 1.165) is 58.1 Å². The van der Waals surface area contributed by atoms with Crippen molar-refractivity contribution in [1.29, 1.82) is 0 Å². The van der Waals surface area contributed by atoms with Crippen LogP contribution in [0.15, 0.2) is 22.5 Å². The predicted octanol–water partition coefficient (Wildman–Crippen LogP) is 2.27. The van der Waals surface area contributed by atoms with Crippen LogP contribution in [0.3, 0.4) is 0 Å². The molecule has 7 heteroatoms. The molecule has 0 aliphatic carbocycles. The standard InChI is InChI=1S/C15H25N3O2S.HI/c1-16-15(18-8-5-14-4-2-11-21-14)17-7-3-9-20-13-6-10-19-12-13;/h2,4,11,13H,3,5-10,12H2,1H3,(H2,16,17,18);1H. The third kappa shape index (κ3) is 7.75. The number of halogens is 1. The highest BCUT2D eigenvalue weighted by Crippen LogP contribution is 2.08. The monoisotopic (exact) mass is 439 g/mol. The molecule has 126 valence electrons. The molecule has 5 nitrogen and oxygen atoms in total. The summed E-state index contributed by atoms with van der Waals surface area (Å²) in [5, 5.41) is 8.74. The number of hydrogen-bond donors (Lipinski definition) is 2. The van der Waals surface area contributed by atoms with Gasteiger partial charge in [0, 0.05) is 38.2 Å². The van der Waals surface area contributed by atoms with Gasteiger partial charge in [0.25, 0.3) is 0 Å². The van der Waals surface area contributed by atoms with E-state index in [1.165, 1.54) is 4.88 Å². The van der Waals surface area contributed by atoms with Gasteiger partial charge in [-0.1, -0.05) is 6.07 Å². The first-order chi connectivity index (χ1) is 10.4. The van der Waals surface area contributed by atoms with E-state index in [-0.39, 0.29) is 24.0 Å². The molecule has 0 aromatic carbocycles. The van der Waals surface area contributed by atoms with E-state index in [4.69, 9.17) is 9.47 Å². The molecule has 2 rings (SSSR count). The number of hydrogen-bond acceptors (Lipinski definition) is 4. The van der Waals surface area contributed by atoms with Gasteiger partial charge in [-0.25, -0.2) is 0 Å². The summed E-state index contributed by atoms with van der Waals surface area (Å²) < 4.78 is 11.0. The van der Waals surface area contributed by atoms with E-state index < -0.39 is 0 Å². The van der Waals surface area contributed by atoms with Crippen molar-refractivity contribution in [3.8, 4) is 0 Å². The molecule has 0 saturated carbocycles. The summed E-state index contributed by atoms with van der Waals surface area (Å²) in [5.74, 6) is 0.857. The molecule has 1 aliphatic heterocycles. The molecular weight excluding hydrogens is 413 g/mol. The minimum atomic E-state index is 0. The molecule has 2 N–H and O–H groups in total. The predicted molar refractivity (Wildman–Crippen MR) is 103 cm³/mol. The van der Waals surface area contributed by atoms with Crippen LogP contribution in [0, 0.1) is 0 Å². The van der Waals surface area contributed by atoms with Gasteiger partial charge in [0.1, 0.15) is 0 Å². The van der Waals surface area contributed by atoms with Gasteiger partial charge in [0.2, 0.25) is 0 Å². The van der Waals surface area contributed by atoms with Gasteiger partial charge < -0.3 is 20.1 Å². The Bertz CT molecular complexity index is 409. The van der Waals surface area contributed by atoms with Crippen molar-refractivity contribution < 1.29 is 9.47 Å². The number of aliphatic imine (C=N–C) groups is 1. The molecule has 2 heterocycles. The summed E-state index contributed by atoms with van der Waals surface area (Å²) in [7, 11) is 1.80. The Labute approximate surface area is 153 Å². The first-order valence-electron chi connectivity index (χ1n) is 7.54. The highest BCUT2D eigenvalue weighted by molar-refractivity contribution is 14.0. The normalized spacial score (nSPS) is 18.0. The van der Waals surface area contributed by atoms with Crippen molar-refractivity contribution in [2.45, 2.75) is 25.4 Å². The zero-order valence-corrected chi connectivity index (χ0v) is 16.2.